The third-order valence-electron chi connectivity index (χ3n) is 7.17. The Bertz CT molecular complexity index is 1030. The molecular weight excluding hydrogens is 466 g/mol. The molecule has 0 bridgehead atoms. The number of fused-ring (bicyclic) bond motifs is 1. The highest BCUT2D eigenvalue weighted by Crippen LogP contribution is 2.37. The van der Waals surface area contributed by atoms with Gasteiger partial charge in [-0.15, -0.1) is 0 Å². The summed E-state index contributed by atoms with van der Waals surface area (Å²) in [6.07, 6.45) is 17.0. The zero-order valence-corrected chi connectivity index (χ0v) is 23.0. The zero-order chi connectivity index (χ0) is 25.3. The molecule has 1 aromatic heterocycles. The number of anilines is 1. The molecule has 5 rings (SSSR count). The molecule has 1 unspecified atom stereocenters. The summed E-state index contributed by atoms with van der Waals surface area (Å²) in [5.41, 5.74) is 11.7. The zero-order valence-electron chi connectivity index (χ0n) is 22.2. The normalized spacial score (nSPS) is 20.7. The van der Waals surface area contributed by atoms with Crippen LogP contribution in [0.25, 0.3) is 6.08 Å². The molecule has 1 atom stereocenters. The molecule has 1 saturated carbocycles. The van der Waals surface area contributed by atoms with E-state index >= 15 is 0 Å². The second-order valence-corrected chi connectivity index (χ2v) is 11.3. The molecule has 2 aromatic rings. The number of hydrogen-bond acceptors (Lipinski definition) is 6. The molecule has 1 saturated heterocycles. The number of nitrogens with one attached hydrogen (secondary N) is 1. The first-order valence-corrected chi connectivity index (χ1v) is 14.5. The van der Waals surface area contributed by atoms with Crippen LogP contribution in [0.1, 0.15) is 69.3 Å². The molecule has 36 heavy (non-hydrogen) atoms. The van der Waals surface area contributed by atoms with Crippen molar-refractivity contribution in [3.63, 3.8) is 0 Å². The maximum absolute atomic E-state index is 5.97. The van der Waals surface area contributed by atoms with E-state index in [0.717, 1.165) is 56.6 Å². The van der Waals surface area contributed by atoms with Gasteiger partial charge in [0.1, 0.15) is 5.50 Å². The van der Waals surface area contributed by atoms with Gasteiger partial charge in [-0.25, -0.2) is 4.98 Å². The van der Waals surface area contributed by atoms with E-state index in [0.29, 0.717) is 0 Å². The third-order valence-corrected chi connectivity index (χ3v) is 8.13. The van der Waals surface area contributed by atoms with E-state index in [1.807, 2.05) is 6.33 Å². The van der Waals surface area contributed by atoms with Crippen molar-refractivity contribution in [2.24, 2.45) is 11.7 Å². The molecule has 2 fully saturated rings. The van der Waals surface area contributed by atoms with Crippen LogP contribution in [0.3, 0.4) is 0 Å². The van der Waals surface area contributed by atoms with E-state index in [1.54, 1.807) is 11.8 Å². The Morgan fingerprint density at radius 1 is 1.22 bits per heavy atom. The molecule has 0 radical (unpaired) electrons. The van der Waals surface area contributed by atoms with Crippen molar-refractivity contribution in [1.82, 2.24) is 14.5 Å². The van der Waals surface area contributed by atoms with Crippen molar-refractivity contribution < 1.29 is 4.74 Å². The Morgan fingerprint density at radius 3 is 2.69 bits per heavy atom. The van der Waals surface area contributed by atoms with Crippen molar-refractivity contribution in [3.05, 3.63) is 59.3 Å². The Morgan fingerprint density at radius 2 is 2.00 bits per heavy atom. The van der Waals surface area contributed by atoms with E-state index in [2.05, 4.69) is 72.0 Å². The van der Waals surface area contributed by atoms with E-state index < -0.39 is 0 Å². The number of aromatic nitrogens is 2. The molecule has 3 N–H and O–H groups in total. The summed E-state index contributed by atoms with van der Waals surface area (Å²) in [4.78, 5) is 8.29. The summed E-state index contributed by atoms with van der Waals surface area (Å²) in [5, 5.41) is 3.27. The van der Waals surface area contributed by atoms with Gasteiger partial charge in [0, 0.05) is 41.6 Å². The van der Waals surface area contributed by atoms with Gasteiger partial charge in [-0.2, -0.15) is 0 Å². The third kappa shape index (κ3) is 7.40. The summed E-state index contributed by atoms with van der Waals surface area (Å²) >= 11 is 1.67. The molecule has 1 aliphatic carbocycles. The van der Waals surface area contributed by atoms with E-state index in [4.69, 9.17) is 15.5 Å². The Hall–Kier alpha value is -2.22. The van der Waals surface area contributed by atoms with Gasteiger partial charge in [0.05, 0.1) is 25.2 Å². The van der Waals surface area contributed by atoms with Crippen LogP contribution in [0.4, 0.5) is 5.69 Å². The first-order chi connectivity index (χ1) is 17.5. The number of nitrogens with zero attached hydrogens (tertiary/aromatic N) is 3. The van der Waals surface area contributed by atoms with Crippen LogP contribution in [0.2, 0.25) is 0 Å². The summed E-state index contributed by atoms with van der Waals surface area (Å²) in [5.74, 6) is 1.04. The monoisotopic (exact) mass is 509 g/mol. The number of benzene rings is 1. The summed E-state index contributed by atoms with van der Waals surface area (Å²) < 4.78 is 7.72. The van der Waals surface area contributed by atoms with Crippen LogP contribution in [-0.2, 0) is 11.3 Å². The van der Waals surface area contributed by atoms with Crippen molar-refractivity contribution in [2.75, 3.05) is 31.6 Å². The van der Waals surface area contributed by atoms with Gasteiger partial charge in [-0.1, -0.05) is 69.9 Å². The molecule has 3 aliphatic rings. The fourth-order valence-electron chi connectivity index (χ4n) is 4.91. The summed E-state index contributed by atoms with van der Waals surface area (Å²) in [6.45, 7) is 10.8. The molecular formula is C29H43N5OS. The minimum Gasteiger partial charge on any atom is -0.378 e. The van der Waals surface area contributed by atoms with Crippen LogP contribution >= 0.6 is 11.8 Å². The van der Waals surface area contributed by atoms with Gasteiger partial charge < -0.3 is 25.3 Å². The second kappa shape index (κ2) is 13.4. The predicted octanol–water partition coefficient (Wildman–Crippen LogP) is 6.23. The lowest BCUT2D eigenvalue weighted by Gasteiger charge is -2.29. The van der Waals surface area contributed by atoms with Gasteiger partial charge in [0.15, 0.2) is 0 Å². The fourth-order valence-corrected chi connectivity index (χ4v) is 5.84. The lowest BCUT2D eigenvalue weighted by molar-refractivity contribution is 0.0558. The average molecular weight is 510 g/mol. The SMILES string of the molecule is CC/C=C/C(=C\c1ncn(Cc2ccc3c(c2)SC(N)N3)c1C)N1CCOCC1.CC1CCCCC1. The minimum atomic E-state index is -0.0539. The lowest BCUT2D eigenvalue weighted by Crippen LogP contribution is -2.35. The molecule has 196 valence electrons. The van der Waals surface area contributed by atoms with Crippen molar-refractivity contribution in [1.29, 1.82) is 0 Å². The lowest BCUT2D eigenvalue weighted by atomic mass is 9.91. The molecule has 0 spiro atoms. The van der Waals surface area contributed by atoms with Gasteiger partial charge in [-0.3, -0.25) is 0 Å². The first-order valence-electron chi connectivity index (χ1n) is 13.6. The highest BCUT2D eigenvalue weighted by Gasteiger charge is 2.18. The van der Waals surface area contributed by atoms with Gasteiger partial charge in [-0.05, 0) is 49.1 Å². The van der Waals surface area contributed by atoms with Crippen LogP contribution in [0.5, 0.6) is 0 Å². The number of hydrogen-bond donors (Lipinski definition) is 2. The van der Waals surface area contributed by atoms with Crippen molar-refractivity contribution >= 4 is 23.5 Å². The number of nitrogens with two attached hydrogens (primary N) is 1. The van der Waals surface area contributed by atoms with Crippen LogP contribution in [-0.4, -0.2) is 46.3 Å². The van der Waals surface area contributed by atoms with Crippen LogP contribution in [0, 0.1) is 12.8 Å². The predicted molar refractivity (Wildman–Crippen MR) is 152 cm³/mol. The minimum absolute atomic E-state index is 0.0539. The topological polar surface area (TPSA) is 68.3 Å². The van der Waals surface area contributed by atoms with E-state index in [1.165, 1.54) is 54.0 Å². The first kappa shape index (κ1) is 26.8. The molecule has 7 heteroatoms. The number of allylic oxidation sites excluding steroid dienone is 2. The number of ether oxygens (including phenoxy) is 1. The highest BCUT2D eigenvalue weighted by molar-refractivity contribution is 8.00. The molecule has 6 nitrogen and oxygen atoms in total. The molecule has 0 amide bonds. The Labute approximate surface area is 221 Å². The fraction of sp³-hybridized carbons (Fsp3) is 0.552. The number of imidazole rings is 1. The number of thioether (sulfide) groups is 1. The van der Waals surface area contributed by atoms with Gasteiger partial charge in [0.2, 0.25) is 0 Å². The molecule has 1 aromatic carbocycles. The van der Waals surface area contributed by atoms with Crippen molar-refractivity contribution in [2.45, 2.75) is 76.2 Å². The smallest absolute Gasteiger partial charge is 0.127 e. The second-order valence-electron chi connectivity index (χ2n) is 10.1. The number of morpholine rings is 1. The number of rotatable bonds is 6. The largest absolute Gasteiger partial charge is 0.378 e. The Kier molecular flexibility index (Phi) is 9.96. The molecule has 2 aliphatic heterocycles. The van der Waals surface area contributed by atoms with Gasteiger partial charge >= 0.3 is 0 Å². The van der Waals surface area contributed by atoms with Gasteiger partial charge in [0.25, 0.3) is 0 Å². The van der Waals surface area contributed by atoms with Crippen LogP contribution < -0.4 is 11.1 Å². The summed E-state index contributed by atoms with van der Waals surface area (Å²) in [7, 11) is 0. The maximum Gasteiger partial charge on any atom is 0.127 e. The summed E-state index contributed by atoms with van der Waals surface area (Å²) in [6, 6.07) is 6.49. The van der Waals surface area contributed by atoms with Crippen molar-refractivity contribution in [3.8, 4) is 0 Å². The average Bonchev–Trinajstić information content (AvgIpc) is 3.44. The highest BCUT2D eigenvalue weighted by atomic mass is 32.2. The standard InChI is InChI=1S/C22H29N5OS.C7H14/c1-3-4-5-18(26-8-10-28-11-9-26)13-20-16(2)27(15-24-20)14-17-6-7-19-21(12-17)29-22(23)25-19;1-7-5-3-2-4-6-7/h4-7,12-13,15,22,25H,3,8-11,14,23H2,1-2H3;7H,2-6H2,1H3/b5-4+,18-13+;. The Balaban J connectivity index is 0.000000375. The maximum atomic E-state index is 5.97. The van der Waals surface area contributed by atoms with Crippen LogP contribution in [0.15, 0.2) is 47.3 Å². The molecule has 3 heterocycles. The quantitative estimate of drug-likeness (QED) is 0.450. The van der Waals surface area contributed by atoms with E-state index in [-0.39, 0.29) is 5.50 Å². The van der Waals surface area contributed by atoms with E-state index in [9.17, 15) is 0 Å².